The average Bonchev–Trinajstić information content (AvgIpc) is 2.97. The van der Waals surface area contributed by atoms with E-state index in [4.69, 9.17) is 11.6 Å². The molecule has 132 valence electrons. The Hall–Kier alpha value is -2.43. The Morgan fingerprint density at radius 3 is 2.54 bits per heavy atom. The van der Waals surface area contributed by atoms with E-state index in [2.05, 4.69) is 18.2 Å². The minimum absolute atomic E-state index is 0.121. The van der Waals surface area contributed by atoms with Crippen LogP contribution in [0.4, 0.5) is 5.69 Å². The van der Waals surface area contributed by atoms with Gasteiger partial charge in [0.25, 0.3) is 5.91 Å². The Labute approximate surface area is 157 Å². The van der Waals surface area contributed by atoms with Gasteiger partial charge in [0.05, 0.1) is 25.2 Å². The first-order chi connectivity index (χ1) is 12.6. The van der Waals surface area contributed by atoms with Crippen LogP contribution in [0.2, 0.25) is 5.02 Å². The summed E-state index contributed by atoms with van der Waals surface area (Å²) in [5.74, 6) is -0.267. The summed E-state index contributed by atoms with van der Waals surface area (Å²) in [7, 11) is 0. The molecule has 0 bridgehead atoms. The average molecular weight is 368 g/mol. The molecule has 2 heterocycles. The van der Waals surface area contributed by atoms with Crippen molar-refractivity contribution in [1.29, 1.82) is 0 Å². The van der Waals surface area contributed by atoms with Crippen LogP contribution in [0.5, 0.6) is 0 Å². The van der Waals surface area contributed by atoms with E-state index >= 15 is 0 Å². The third kappa shape index (κ3) is 3.18. The smallest absolute Gasteiger partial charge is 0.292 e. The molecule has 0 saturated carbocycles. The summed E-state index contributed by atoms with van der Waals surface area (Å²) in [6, 6.07) is 16.9. The van der Waals surface area contributed by atoms with Gasteiger partial charge in [0.15, 0.2) is 6.04 Å². The SMILES string of the molecule is O=C1C[C@@H]([NH+]2CC=C(c3ccccc3)CC2)C(=O)N1c1cccc(Cl)c1. The van der Waals surface area contributed by atoms with Crippen molar-refractivity contribution in [2.24, 2.45) is 0 Å². The molecule has 2 aromatic rings. The van der Waals surface area contributed by atoms with Gasteiger partial charge in [-0.25, -0.2) is 4.90 Å². The Kier molecular flexibility index (Phi) is 4.62. The number of nitrogens with one attached hydrogen (secondary N) is 1. The molecule has 0 aliphatic carbocycles. The van der Waals surface area contributed by atoms with Crippen molar-refractivity contribution in [3.63, 3.8) is 0 Å². The first-order valence-corrected chi connectivity index (χ1v) is 9.22. The van der Waals surface area contributed by atoms with Gasteiger partial charge >= 0.3 is 0 Å². The van der Waals surface area contributed by atoms with Crippen molar-refractivity contribution in [1.82, 2.24) is 0 Å². The van der Waals surface area contributed by atoms with Gasteiger partial charge in [-0.1, -0.05) is 48.0 Å². The molecule has 2 aromatic carbocycles. The Bertz CT molecular complexity index is 879. The number of anilines is 1. The highest BCUT2D eigenvalue weighted by Crippen LogP contribution is 2.25. The van der Waals surface area contributed by atoms with Gasteiger partial charge in [0.1, 0.15) is 0 Å². The van der Waals surface area contributed by atoms with Gasteiger partial charge in [-0.3, -0.25) is 9.59 Å². The molecule has 2 aliphatic heterocycles. The van der Waals surface area contributed by atoms with Crippen LogP contribution in [0, 0.1) is 0 Å². The van der Waals surface area contributed by atoms with Gasteiger partial charge in [0.2, 0.25) is 5.91 Å². The van der Waals surface area contributed by atoms with E-state index in [9.17, 15) is 9.59 Å². The normalized spacial score (nSPS) is 23.3. The Morgan fingerprint density at radius 2 is 1.85 bits per heavy atom. The summed E-state index contributed by atoms with van der Waals surface area (Å²) in [5.41, 5.74) is 3.12. The predicted octanol–water partition coefficient (Wildman–Crippen LogP) is 2.34. The number of nitrogens with zero attached hydrogens (tertiary/aromatic N) is 1. The maximum absolute atomic E-state index is 12.9. The van der Waals surface area contributed by atoms with Crippen molar-refractivity contribution in [2.75, 3.05) is 18.0 Å². The summed E-state index contributed by atoms with van der Waals surface area (Å²) in [6.45, 7) is 1.62. The first-order valence-electron chi connectivity index (χ1n) is 8.85. The van der Waals surface area contributed by atoms with Crippen LogP contribution < -0.4 is 9.80 Å². The largest absolute Gasteiger partial charge is 0.321 e. The lowest BCUT2D eigenvalue weighted by molar-refractivity contribution is -0.909. The minimum Gasteiger partial charge on any atom is -0.321 e. The lowest BCUT2D eigenvalue weighted by Gasteiger charge is -2.27. The molecule has 0 aromatic heterocycles. The van der Waals surface area contributed by atoms with E-state index in [0.29, 0.717) is 10.7 Å². The third-order valence-electron chi connectivity index (χ3n) is 5.18. The predicted molar refractivity (Wildman–Crippen MR) is 102 cm³/mol. The van der Waals surface area contributed by atoms with Crippen LogP contribution >= 0.6 is 11.6 Å². The molecular weight excluding hydrogens is 348 g/mol. The summed E-state index contributed by atoms with van der Waals surface area (Å²) in [5, 5.41) is 0.521. The van der Waals surface area contributed by atoms with E-state index in [1.165, 1.54) is 16.0 Å². The van der Waals surface area contributed by atoms with Crippen LogP contribution in [-0.2, 0) is 9.59 Å². The molecule has 26 heavy (non-hydrogen) atoms. The number of amides is 2. The number of benzene rings is 2. The molecule has 5 heteroatoms. The van der Waals surface area contributed by atoms with Crippen LogP contribution in [0.1, 0.15) is 18.4 Å². The molecule has 1 N–H and O–H groups in total. The molecule has 2 amide bonds. The Balaban J connectivity index is 1.50. The van der Waals surface area contributed by atoms with Crippen molar-refractivity contribution >= 4 is 34.7 Å². The highest BCUT2D eigenvalue weighted by molar-refractivity contribution is 6.31. The monoisotopic (exact) mass is 367 g/mol. The van der Waals surface area contributed by atoms with E-state index in [-0.39, 0.29) is 24.3 Å². The van der Waals surface area contributed by atoms with E-state index in [1.54, 1.807) is 24.3 Å². The van der Waals surface area contributed by atoms with Crippen LogP contribution in [0.25, 0.3) is 5.57 Å². The molecular formula is C21H20ClN2O2+. The zero-order chi connectivity index (χ0) is 18.1. The van der Waals surface area contributed by atoms with E-state index in [0.717, 1.165) is 24.4 Å². The fourth-order valence-corrected chi connectivity index (χ4v) is 4.01. The lowest BCUT2D eigenvalue weighted by atomic mass is 9.98. The zero-order valence-electron chi connectivity index (χ0n) is 14.3. The molecule has 2 atom stereocenters. The van der Waals surface area contributed by atoms with Crippen LogP contribution in [-0.4, -0.2) is 30.9 Å². The number of rotatable bonds is 3. The first kappa shape index (κ1) is 17.0. The number of hydrogen-bond donors (Lipinski definition) is 1. The number of carbonyl (C=O) groups is 2. The zero-order valence-corrected chi connectivity index (χ0v) is 15.1. The molecule has 2 aliphatic rings. The van der Waals surface area contributed by atoms with Gasteiger partial charge < -0.3 is 4.90 Å². The number of carbonyl (C=O) groups excluding carboxylic acids is 2. The van der Waals surface area contributed by atoms with E-state index in [1.807, 2.05) is 18.2 Å². The van der Waals surface area contributed by atoms with Crippen LogP contribution in [0.15, 0.2) is 60.7 Å². The topological polar surface area (TPSA) is 41.8 Å². The summed E-state index contributed by atoms with van der Waals surface area (Å²) >= 11 is 6.02. The maximum Gasteiger partial charge on any atom is 0.292 e. The van der Waals surface area contributed by atoms with Gasteiger partial charge in [-0.05, 0) is 35.4 Å². The quantitative estimate of drug-likeness (QED) is 0.846. The fraction of sp³-hybridized carbons (Fsp3) is 0.238. The van der Waals surface area contributed by atoms with Crippen LogP contribution in [0.3, 0.4) is 0 Å². The highest BCUT2D eigenvalue weighted by atomic mass is 35.5. The molecule has 0 spiro atoms. The van der Waals surface area contributed by atoms with E-state index < -0.39 is 0 Å². The fourth-order valence-electron chi connectivity index (χ4n) is 3.82. The van der Waals surface area contributed by atoms with Gasteiger partial charge in [-0.15, -0.1) is 0 Å². The Morgan fingerprint density at radius 1 is 1.04 bits per heavy atom. The molecule has 4 nitrogen and oxygen atoms in total. The maximum atomic E-state index is 12.9. The lowest BCUT2D eigenvalue weighted by Crippen LogP contribution is -3.17. The van der Waals surface area contributed by atoms with Crippen molar-refractivity contribution in [3.8, 4) is 0 Å². The van der Waals surface area contributed by atoms with Gasteiger partial charge in [0, 0.05) is 11.4 Å². The van der Waals surface area contributed by atoms with Gasteiger partial charge in [-0.2, -0.15) is 0 Å². The van der Waals surface area contributed by atoms with Crippen molar-refractivity contribution in [2.45, 2.75) is 18.9 Å². The molecule has 4 rings (SSSR count). The minimum atomic E-state index is -0.310. The summed E-state index contributed by atoms with van der Waals surface area (Å²) in [4.78, 5) is 27.8. The second-order valence-corrected chi connectivity index (χ2v) is 7.20. The molecule has 1 saturated heterocycles. The summed E-state index contributed by atoms with van der Waals surface area (Å²) in [6.07, 6.45) is 3.37. The molecule has 0 radical (unpaired) electrons. The summed E-state index contributed by atoms with van der Waals surface area (Å²) < 4.78 is 0. The molecule has 1 fully saturated rings. The number of quaternary nitrogens is 1. The second-order valence-electron chi connectivity index (χ2n) is 6.76. The second kappa shape index (κ2) is 7.06. The standard InChI is InChI=1S/C21H19ClN2O2/c22-17-7-4-8-18(13-17)24-20(25)14-19(21(24)26)23-11-9-16(10-12-23)15-5-2-1-3-6-15/h1-9,13,19H,10-12,14H2/p+1/t19-/m1/s1. The number of imide groups is 1. The molecule has 1 unspecified atom stereocenters. The highest BCUT2D eigenvalue weighted by Gasteiger charge is 2.45. The number of hydrogen-bond acceptors (Lipinski definition) is 2. The number of halogens is 1. The van der Waals surface area contributed by atoms with Crippen molar-refractivity contribution in [3.05, 3.63) is 71.3 Å². The van der Waals surface area contributed by atoms with Crippen molar-refractivity contribution < 1.29 is 14.5 Å². The third-order valence-corrected chi connectivity index (χ3v) is 5.41.